The monoisotopic (exact) mass is 588 g/mol. The highest BCUT2D eigenvalue weighted by Gasteiger charge is 2.53. The average molecular weight is 589 g/mol. The van der Waals surface area contributed by atoms with Crippen LogP contribution in [0.25, 0.3) is 39.9 Å². The van der Waals surface area contributed by atoms with E-state index in [9.17, 15) is 0 Å². The summed E-state index contributed by atoms with van der Waals surface area (Å²) in [7, 11) is 0. The maximum Gasteiger partial charge on any atom is 0.248 e. The minimum absolute atomic E-state index is 0.128. The summed E-state index contributed by atoms with van der Waals surface area (Å²) in [5.74, 6) is 0. The van der Waals surface area contributed by atoms with Crippen LogP contribution in [0.15, 0.2) is 139 Å². The number of anilines is 2. The maximum atomic E-state index is 2.60. The van der Waals surface area contributed by atoms with Crippen LogP contribution in [0.2, 0.25) is 0 Å². The molecule has 0 saturated carbocycles. The van der Waals surface area contributed by atoms with Crippen LogP contribution in [-0.2, 0) is 0 Å². The molecule has 46 heavy (non-hydrogen) atoms. The van der Waals surface area contributed by atoms with Crippen molar-refractivity contribution in [1.29, 1.82) is 0 Å². The highest BCUT2D eigenvalue weighted by molar-refractivity contribution is 6.95. The molecule has 0 bridgehead atoms. The van der Waals surface area contributed by atoms with Gasteiger partial charge in [0.25, 0.3) is 0 Å². The van der Waals surface area contributed by atoms with Gasteiger partial charge in [0.15, 0.2) is 0 Å². The number of rotatable bonds is 3. The first-order chi connectivity index (χ1) is 22.6. The highest BCUT2D eigenvalue weighted by Crippen LogP contribution is 2.59. The SMILES string of the molecule is CC1(C)C2=C(C(c3ccccc3)=C1c1ccccc1)N(c1ccccc1)c1ccc3c4c(n5c3c1B2c1ccccc1-5)=CCCC=4. The second-order valence-corrected chi connectivity index (χ2v) is 13.5. The van der Waals surface area contributed by atoms with E-state index in [2.05, 4.69) is 163 Å². The van der Waals surface area contributed by atoms with Gasteiger partial charge in [-0.3, -0.25) is 0 Å². The van der Waals surface area contributed by atoms with Gasteiger partial charge >= 0.3 is 0 Å². The summed E-state index contributed by atoms with van der Waals surface area (Å²) >= 11 is 0. The zero-order valence-electron chi connectivity index (χ0n) is 26.2. The van der Waals surface area contributed by atoms with E-state index in [1.165, 1.54) is 82.9 Å². The number of allylic oxidation sites excluding steroid dienone is 3. The molecule has 3 heteroatoms. The Morgan fingerprint density at radius 1 is 0.630 bits per heavy atom. The van der Waals surface area contributed by atoms with Gasteiger partial charge in [-0.05, 0) is 64.7 Å². The molecule has 218 valence electrons. The van der Waals surface area contributed by atoms with Crippen molar-refractivity contribution in [2.45, 2.75) is 26.7 Å². The van der Waals surface area contributed by atoms with E-state index in [1.807, 2.05) is 0 Å². The largest absolute Gasteiger partial charge is 0.311 e. The van der Waals surface area contributed by atoms with Crippen molar-refractivity contribution in [2.24, 2.45) is 5.41 Å². The Hall–Kier alpha value is -5.28. The Labute approximate surface area is 270 Å². The first-order valence-electron chi connectivity index (χ1n) is 16.6. The van der Waals surface area contributed by atoms with E-state index in [0.717, 1.165) is 12.8 Å². The molecule has 0 amide bonds. The van der Waals surface area contributed by atoms with Crippen LogP contribution < -0.4 is 26.4 Å². The molecule has 1 aromatic heterocycles. The van der Waals surface area contributed by atoms with E-state index in [0.29, 0.717) is 0 Å². The van der Waals surface area contributed by atoms with Crippen LogP contribution in [0.3, 0.4) is 0 Å². The molecular formula is C43H33BN2. The molecule has 0 N–H and O–H groups in total. The molecule has 2 aliphatic carbocycles. The molecular weight excluding hydrogens is 555 g/mol. The zero-order chi connectivity index (χ0) is 30.6. The van der Waals surface area contributed by atoms with E-state index in [-0.39, 0.29) is 12.1 Å². The fourth-order valence-electron chi connectivity index (χ4n) is 9.11. The van der Waals surface area contributed by atoms with Crippen LogP contribution >= 0.6 is 0 Å². The number of hydrogen-bond acceptors (Lipinski definition) is 1. The summed E-state index contributed by atoms with van der Waals surface area (Å²) in [4.78, 5) is 2.60. The molecule has 0 spiro atoms. The second kappa shape index (κ2) is 9.37. The standard InChI is InChI=1S/C43H33BN2/c1-43(2)38(29-18-8-4-9-19-29)37(28-16-6-3-7-17-28)41-42(43)44-33-23-13-15-25-35(33)46-34-24-14-12-22-31(34)32-26-27-36(39(44)40(32)46)45(41)30-20-10-5-11-21-30/h3-11,13,15-27H,12,14H2,1-2H3. The van der Waals surface area contributed by atoms with Crippen molar-refractivity contribution in [1.82, 2.24) is 4.57 Å². The molecule has 4 aliphatic rings. The van der Waals surface area contributed by atoms with Gasteiger partial charge in [0, 0.05) is 49.7 Å². The van der Waals surface area contributed by atoms with Crippen molar-refractivity contribution < 1.29 is 0 Å². The Balaban J connectivity index is 1.41. The third-order valence-electron chi connectivity index (χ3n) is 10.8. The second-order valence-electron chi connectivity index (χ2n) is 13.5. The molecule has 3 heterocycles. The Morgan fingerprint density at radius 3 is 2.04 bits per heavy atom. The van der Waals surface area contributed by atoms with Gasteiger partial charge in [0.05, 0.1) is 5.52 Å². The van der Waals surface area contributed by atoms with Gasteiger partial charge < -0.3 is 9.47 Å². The fraction of sp³-hybridized carbons (Fsp3) is 0.116. The van der Waals surface area contributed by atoms with E-state index in [1.54, 1.807) is 0 Å². The molecule has 0 unspecified atom stereocenters. The first kappa shape index (κ1) is 26.0. The summed E-state index contributed by atoms with van der Waals surface area (Å²) in [6.45, 7) is 5.07. The number of hydrogen-bond donors (Lipinski definition) is 0. The normalized spacial score (nSPS) is 17.0. The summed E-state index contributed by atoms with van der Waals surface area (Å²) in [5, 5.41) is 4.12. The molecule has 0 atom stereocenters. The Bertz CT molecular complexity index is 2430. The molecule has 0 radical (unpaired) electrons. The minimum atomic E-state index is -0.251. The molecule has 10 rings (SSSR count). The highest BCUT2D eigenvalue weighted by atomic mass is 15.2. The van der Waals surface area contributed by atoms with Gasteiger partial charge in [0.2, 0.25) is 6.71 Å². The molecule has 0 saturated heterocycles. The number of para-hydroxylation sites is 2. The first-order valence-corrected chi connectivity index (χ1v) is 16.6. The van der Waals surface area contributed by atoms with E-state index < -0.39 is 0 Å². The number of fused-ring (bicyclic) bond motifs is 7. The number of nitrogens with zero attached hydrogens (tertiary/aromatic N) is 2. The topological polar surface area (TPSA) is 8.17 Å². The van der Waals surface area contributed by atoms with Gasteiger partial charge in [-0.15, -0.1) is 0 Å². The number of benzene rings is 5. The third-order valence-corrected chi connectivity index (χ3v) is 10.8. The van der Waals surface area contributed by atoms with Crippen molar-refractivity contribution in [3.63, 3.8) is 0 Å². The quantitative estimate of drug-likeness (QED) is 0.195. The molecule has 2 nitrogen and oxygen atoms in total. The third kappa shape index (κ3) is 3.27. The predicted molar refractivity (Wildman–Crippen MR) is 195 cm³/mol. The summed E-state index contributed by atoms with van der Waals surface area (Å²) in [6.07, 6.45) is 7.11. The predicted octanol–water partition coefficient (Wildman–Crippen LogP) is 7.50. The van der Waals surface area contributed by atoms with Crippen LogP contribution in [0, 0.1) is 5.41 Å². The summed E-state index contributed by atoms with van der Waals surface area (Å²) in [5.41, 5.74) is 15.9. The lowest BCUT2D eigenvalue weighted by Gasteiger charge is -2.43. The van der Waals surface area contributed by atoms with Crippen molar-refractivity contribution in [2.75, 3.05) is 4.90 Å². The zero-order valence-corrected chi connectivity index (χ0v) is 26.2. The summed E-state index contributed by atoms with van der Waals surface area (Å²) in [6, 6.07) is 47.3. The van der Waals surface area contributed by atoms with Gasteiger partial charge in [0.1, 0.15) is 0 Å². The van der Waals surface area contributed by atoms with Gasteiger partial charge in [-0.25, -0.2) is 0 Å². The van der Waals surface area contributed by atoms with Gasteiger partial charge in [-0.2, -0.15) is 0 Å². The lowest BCUT2D eigenvalue weighted by Crippen LogP contribution is -2.57. The maximum absolute atomic E-state index is 2.60. The van der Waals surface area contributed by atoms with E-state index >= 15 is 0 Å². The van der Waals surface area contributed by atoms with Crippen LogP contribution in [0.1, 0.15) is 37.8 Å². The van der Waals surface area contributed by atoms with Crippen molar-refractivity contribution >= 4 is 63.2 Å². The summed E-state index contributed by atoms with van der Waals surface area (Å²) < 4.78 is 2.59. The Morgan fingerprint density at radius 2 is 1.28 bits per heavy atom. The van der Waals surface area contributed by atoms with Crippen molar-refractivity contribution in [3.8, 4) is 5.69 Å². The molecule has 6 aromatic rings. The molecule has 0 fully saturated rings. The van der Waals surface area contributed by atoms with Gasteiger partial charge in [-0.1, -0.05) is 135 Å². The van der Waals surface area contributed by atoms with Crippen LogP contribution in [0.5, 0.6) is 0 Å². The van der Waals surface area contributed by atoms with E-state index in [4.69, 9.17) is 0 Å². The fourth-order valence-corrected chi connectivity index (χ4v) is 9.11. The molecule has 5 aromatic carbocycles. The minimum Gasteiger partial charge on any atom is -0.311 e. The smallest absolute Gasteiger partial charge is 0.248 e. The van der Waals surface area contributed by atoms with Crippen LogP contribution in [0.4, 0.5) is 11.4 Å². The lowest BCUT2D eigenvalue weighted by molar-refractivity contribution is 0.637. The van der Waals surface area contributed by atoms with Crippen LogP contribution in [-0.4, -0.2) is 11.3 Å². The lowest BCUT2D eigenvalue weighted by atomic mass is 9.30. The average Bonchev–Trinajstić information content (AvgIpc) is 3.58. The molecule has 2 aliphatic heterocycles. The van der Waals surface area contributed by atoms with Crippen molar-refractivity contribution in [3.05, 3.63) is 160 Å². The Kier molecular flexibility index (Phi) is 5.30. The number of aromatic nitrogens is 1.